The van der Waals surface area contributed by atoms with E-state index in [1.165, 1.54) is 11.3 Å². The number of nitrogens with one attached hydrogen (secondary N) is 1. The maximum absolute atomic E-state index is 11.1. The van der Waals surface area contributed by atoms with E-state index >= 15 is 0 Å². The van der Waals surface area contributed by atoms with Crippen LogP contribution in [0.5, 0.6) is 0 Å². The van der Waals surface area contributed by atoms with E-state index in [1.54, 1.807) is 12.1 Å². The second kappa shape index (κ2) is 7.50. The van der Waals surface area contributed by atoms with E-state index < -0.39 is 5.97 Å². The molecule has 2 N–H and O–H groups in total. The van der Waals surface area contributed by atoms with Gasteiger partial charge in [-0.1, -0.05) is 23.7 Å². The summed E-state index contributed by atoms with van der Waals surface area (Å²) in [5.74, 6) is -0.880. The van der Waals surface area contributed by atoms with E-state index in [9.17, 15) is 4.79 Å². The Kier molecular flexibility index (Phi) is 5.37. The number of hydrogen-bond acceptors (Lipinski definition) is 4. The van der Waals surface area contributed by atoms with Crippen LogP contribution in [0.3, 0.4) is 0 Å². The molecule has 0 saturated heterocycles. The zero-order chi connectivity index (χ0) is 17.1. The van der Waals surface area contributed by atoms with Crippen LogP contribution in [-0.2, 0) is 11.2 Å². The average molecular weight is 471 g/mol. The lowest BCUT2D eigenvalue weighted by atomic mass is 10.1. The molecular weight excluding hydrogens is 459 g/mol. The molecule has 3 aromatic rings. The van der Waals surface area contributed by atoms with Gasteiger partial charge < -0.3 is 10.4 Å². The zero-order valence-electron chi connectivity index (χ0n) is 12.3. The summed E-state index contributed by atoms with van der Waals surface area (Å²) in [6.45, 7) is 0. The van der Waals surface area contributed by atoms with Crippen molar-refractivity contribution in [2.75, 3.05) is 5.32 Å². The minimum absolute atomic E-state index is 0.0655. The Bertz CT molecular complexity index is 863. The molecule has 1 aromatic heterocycles. The van der Waals surface area contributed by atoms with Gasteiger partial charge in [-0.3, -0.25) is 4.79 Å². The van der Waals surface area contributed by atoms with Crippen LogP contribution in [0.4, 0.5) is 10.8 Å². The average Bonchev–Trinajstić information content (AvgIpc) is 2.92. The summed E-state index contributed by atoms with van der Waals surface area (Å²) in [7, 11) is 0. The third kappa shape index (κ3) is 4.25. The van der Waals surface area contributed by atoms with Crippen LogP contribution in [0.15, 0.2) is 48.5 Å². The van der Waals surface area contributed by atoms with Gasteiger partial charge in [0.15, 0.2) is 5.13 Å². The summed E-state index contributed by atoms with van der Waals surface area (Å²) in [6.07, 6.45) is -0.0655. The molecule has 0 amide bonds. The Morgan fingerprint density at radius 1 is 1.17 bits per heavy atom. The van der Waals surface area contributed by atoms with Gasteiger partial charge in [-0.05, 0) is 59.0 Å². The third-order valence-corrected chi connectivity index (χ3v) is 5.16. The van der Waals surface area contributed by atoms with Crippen LogP contribution >= 0.6 is 45.5 Å². The van der Waals surface area contributed by atoms with Crippen molar-refractivity contribution in [1.82, 2.24) is 4.98 Å². The number of benzene rings is 2. The van der Waals surface area contributed by atoms with Crippen LogP contribution in [-0.4, -0.2) is 16.1 Å². The third-order valence-electron chi connectivity index (χ3n) is 3.22. The molecule has 0 unspecified atom stereocenters. The molecule has 0 bridgehead atoms. The minimum atomic E-state index is -0.880. The zero-order valence-corrected chi connectivity index (χ0v) is 16.0. The Morgan fingerprint density at radius 2 is 1.83 bits per heavy atom. The van der Waals surface area contributed by atoms with Gasteiger partial charge in [0, 0.05) is 24.7 Å². The summed E-state index contributed by atoms with van der Waals surface area (Å²) >= 11 is 9.52. The fourth-order valence-corrected chi connectivity index (χ4v) is 3.63. The van der Waals surface area contributed by atoms with Gasteiger partial charge >= 0.3 is 5.97 Å². The first-order valence-electron chi connectivity index (χ1n) is 7.01. The smallest absolute Gasteiger partial charge is 0.308 e. The van der Waals surface area contributed by atoms with E-state index in [-0.39, 0.29) is 6.42 Å². The van der Waals surface area contributed by atoms with Crippen molar-refractivity contribution in [1.29, 1.82) is 0 Å². The molecule has 0 spiro atoms. The SMILES string of the molecule is O=C(O)Cc1sc(Nc2ccc(I)cc2)nc1-c1ccc(Cl)cc1. The molecular formula is C17H12ClIN2O2S. The highest BCUT2D eigenvalue weighted by Crippen LogP contribution is 2.33. The second-order valence-electron chi connectivity index (χ2n) is 5.00. The van der Waals surface area contributed by atoms with Gasteiger partial charge in [-0.15, -0.1) is 11.3 Å². The minimum Gasteiger partial charge on any atom is -0.481 e. The first-order chi connectivity index (χ1) is 11.5. The Hall–Kier alpha value is -1.64. The predicted molar refractivity (Wildman–Crippen MR) is 106 cm³/mol. The highest BCUT2D eigenvalue weighted by Gasteiger charge is 2.16. The number of anilines is 2. The molecule has 122 valence electrons. The summed E-state index contributed by atoms with van der Waals surface area (Å²) in [4.78, 5) is 16.4. The van der Waals surface area contributed by atoms with Crippen LogP contribution < -0.4 is 5.32 Å². The van der Waals surface area contributed by atoms with Crippen LogP contribution in [0.2, 0.25) is 5.02 Å². The van der Waals surface area contributed by atoms with Crippen molar-refractivity contribution in [3.8, 4) is 11.3 Å². The number of carbonyl (C=O) groups is 1. The fourth-order valence-electron chi connectivity index (χ4n) is 2.15. The fraction of sp³-hybridized carbons (Fsp3) is 0.0588. The monoisotopic (exact) mass is 470 g/mol. The Morgan fingerprint density at radius 3 is 2.46 bits per heavy atom. The highest BCUT2D eigenvalue weighted by molar-refractivity contribution is 14.1. The molecule has 0 radical (unpaired) electrons. The number of halogens is 2. The standard InChI is InChI=1S/C17H12ClIN2O2S/c18-11-3-1-10(2-4-11)16-14(9-15(22)23)24-17(21-16)20-13-7-5-12(19)6-8-13/h1-8H,9H2,(H,20,21)(H,22,23). The predicted octanol–water partition coefficient (Wildman–Crippen LogP) is 5.44. The number of nitrogens with zero attached hydrogens (tertiary/aromatic N) is 1. The summed E-state index contributed by atoms with van der Waals surface area (Å²) in [6, 6.07) is 15.1. The van der Waals surface area contributed by atoms with Crippen molar-refractivity contribution in [2.24, 2.45) is 0 Å². The quantitative estimate of drug-likeness (QED) is 0.488. The van der Waals surface area contributed by atoms with Crippen molar-refractivity contribution in [3.05, 3.63) is 62.0 Å². The first-order valence-corrected chi connectivity index (χ1v) is 9.28. The van der Waals surface area contributed by atoms with Gasteiger partial charge in [-0.25, -0.2) is 4.98 Å². The number of carboxylic acid groups (broad SMARTS) is 1. The molecule has 0 atom stereocenters. The number of aliphatic carboxylic acids is 1. The summed E-state index contributed by atoms with van der Waals surface area (Å²) < 4.78 is 1.14. The molecule has 0 aliphatic carbocycles. The normalized spacial score (nSPS) is 10.6. The molecule has 7 heteroatoms. The molecule has 3 rings (SSSR count). The van der Waals surface area contributed by atoms with E-state index in [0.717, 1.165) is 14.8 Å². The lowest BCUT2D eigenvalue weighted by Crippen LogP contribution is -1.99. The van der Waals surface area contributed by atoms with E-state index in [4.69, 9.17) is 16.7 Å². The van der Waals surface area contributed by atoms with Gasteiger partial charge in [0.25, 0.3) is 0 Å². The van der Waals surface area contributed by atoms with E-state index in [1.807, 2.05) is 36.4 Å². The van der Waals surface area contributed by atoms with Crippen molar-refractivity contribution < 1.29 is 9.90 Å². The Labute approximate surface area is 161 Å². The summed E-state index contributed by atoms with van der Waals surface area (Å²) in [5.41, 5.74) is 2.43. The maximum Gasteiger partial charge on any atom is 0.308 e. The van der Waals surface area contributed by atoms with Gasteiger partial charge in [0.2, 0.25) is 0 Å². The lowest BCUT2D eigenvalue weighted by molar-refractivity contribution is -0.136. The van der Waals surface area contributed by atoms with Crippen LogP contribution in [0.1, 0.15) is 4.88 Å². The van der Waals surface area contributed by atoms with Crippen LogP contribution in [0, 0.1) is 3.57 Å². The molecule has 0 aliphatic heterocycles. The number of carboxylic acids is 1. The molecule has 2 aromatic carbocycles. The van der Waals surface area contributed by atoms with Gasteiger partial charge in [-0.2, -0.15) is 0 Å². The number of rotatable bonds is 5. The molecule has 0 aliphatic rings. The largest absolute Gasteiger partial charge is 0.481 e. The lowest BCUT2D eigenvalue weighted by Gasteiger charge is -2.02. The first kappa shape index (κ1) is 17.2. The molecule has 0 fully saturated rings. The van der Waals surface area contributed by atoms with Crippen molar-refractivity contribution in [2.45, 2.75) is 6.42 Å². The van der Waals surface area contributed by atoms with E-state index in [0.29, 0.717) is 20.7 Å². The Balaban J connectivity index is 1.94. The maximum atomic E-state index is 11.1. The molecule has 24 heavy (non-hydrogen) atoms. The second-order valence-corrected chi connectivity index (χ2v) is 7.77. The summed E-state index contributed by atoms with van der Waals surface area (Å²) in [5, 5.41) is 13.7. The number of thiazole rings is 1. The van der Waals surface area contributed by atoms with E-state index in [2.05, 4.69) is 32.9 Å². The van der Waals surface area contributed by atoms with Crippen molar-refractivity contribution >= 4 is 62.3 Å². The van der Waals surface area contributed by atoms with Gasteiger partial charge in [0.1, 0.15) is 0 Å². The molecule has 0 saturated carbocycles. The highest BCUT2D eigenvalue weighted by atomic mass is 127. The molecule has 4 nitrogen and oxygen atoms in total. The topological polar surface area (TPSA) is 62.2 Å². The number of aromatic nitrogens is 1. The van der Waals surface area contributed by atoms with Crippen LogP contribution in [0.25, 0.3) is 11.3 Å². The number of hydrogen-bond donors (Lipinski definition) is 2. The van der Waals surface area contributed by atoms with Gasteiger partial charge in [0.05, 0.1) is 12.1 Å². The molecule has 1 heterocycles. The van der Waals surface area contributed by atoms with Crippen molar-refractivity contribution in [3.63, 3.8) is 0 Å².